The van der Waals surface area contributed by atoms with E-state index < -0.39 is 0 Å². The van der Waals surface area contributed by atoms with Crippen LogP contribution in [0.1, 0.15) is 5.56 Å². The number of nitrogen functional groups attached to an aromatic ring is 1. The SMILES string of the molecule is COc1ccc2c(c1)N(C)CC=C2Oc1ccc(N)cc1. The predicted octanol–water partition coefficient (Wildman–Crippen LogP) is 3.15. The van der Waals surface area contributed by atoms with Crippen molar-refractivity contribution in [2.24, 2.45) is 0 Å². The molecule has 2 aromatic carbocycles. The van der Waals surface area contributed by atoms with E-state index in [9.17, 15) is 0 Å². The summed E-state index contributed by atoms with van der Waals surface area (Å²) < 4.78 is 11.3. The van der Waals surface area contributed by atoms with E-state index in [-0.39, 0.29) is 0 Å². The fourth-order valence-electron chi connectivity index (χ4n) is 2.35. The summed E-state index contributed by atoms with van der Waals surface area (Å²) in [6, 6.07) is 13.4. The van der Waals surface area contributed by atoms with Crippen molar-refractivity contribution in [2.45, 2.75) is 0 Å². The minimum absolute atomic E-state index is 0.727. The van der Waals surface area contributed by atoms with Crippen molar-refractivity contribution >= 4 is 17.1 Å². The molecule has 1 heterocycles. The average Bonchev–Trinajstić information content (AvgIpc) is 2.52. The van der Waals surface area contributed by atoms with E-state index in [1.807, 2.05) is 42.5 Å². The van der Waals surface area contributed by atoms with Gasteiger partial charge in [-0.1, -0.05) is 0 Å². The minimum atomic E-state index is 0.727. The van der Waals surface area contributed by atoms with Crippen LogP contribution in [0.2, 0.25) is 0 Å². The molecule has 4 heteroatoms. The molecule has 0 amide bonds. The van der Waals surface area contributed by atoms with E-state index in [4.69, 9.17) is 15.2 Å². The number of ether oxygens (including phenoxy) is 2. The van der Waals surface area contributed by atoms with E-state index in [0.717, 1.165) is 40.7 Å². The van der Waals surface area contributed by atoms with E-state index in [2.05, 4.69) is 18.0 Å². The van der Waals surface area contributed by atoms with Crippen LogP contribution in [0.5, 0.6) is 11.5 Å². The van der Waals surface area contributed by atoms with Crippen LogP contribution in [0, 0.1) is 0 Å². The summed E-state index contributed by atoms with van der Waals surface area (Å²) in [7, 11) is 3.72. The van der Waals surface area contributed by atoms with Gasteiger partial charge in [-0.25, -0.2) is 0 Å². The third kappa shape index (κ3) is 2.65. The lowest BCUT2D eigenvalue weighted by atomic mass is 10.1. The number of nitrogens with zero attached hydrogens (tertiary/aromatic N) is 1. The Hall–Kier alpha value is -2.62. The van der Waals surface area contributed by atoms with Crippen LogP contribution in [0.4, 0.5) is 11.4 Å². The van der Waals surface area contributed by atoms with E-state index in [1.54, 1.807) is 7.11 Å². The summed E-state index contributed by atoms with van der Waals surface area (Å²) in [5, 5.41) is 0. The van der Waals surface area contributed by atoms with Gasteiger partial charge >= 0.3 is 0 Å². The number of rotatable bonds is 3. The smallest absolute Gasteiger partial charge is 0.134 e. The third-order valence-electron chi connectivity index (χ3n) is 3.54. The maximum Gasteiger partial charge on any atom is 0.134 e. The van der Waals surface area contributed by atoms with Gasteiger partial charge < -0.3 is 20.1 Å². The van der Waals surface area contributed by atoms with Crippen molar-refractivity contribution in [3.63, 3.8) is 0 Å². The van der Waals surface area contributed by atoms with Crippen molar-refractivity contribution in [3.8, 4) is 11.5 Å². The summed E-state index contributed by atoms with van der Waals surface area (Å²) in [5.41, 5.74) is 8.58. The summed E-state index contributed by atoms with van der Waals surface area (Å²) in [6.45, 7) is 0.796. The van der Waals surface area contributed by atoms with E-state index in [0.29, 0.717) is 0 Å². The standard InChI is InChI=1S/C17H18N2O2/c1-19-10-9-17(21-13-5-3-12(18)4-6-13)15-8-7-14(20-2)11-16(15)19/h3-9,11H,10,18H2,1-2H3. The first-order valence-corrected chi connectivity index (χ1v) is 6.80. The zero-order chi connectivity index (χ0) is 14.8. The number of nitrogens with two attached hydrogens (primary N) is 1. The molecule has 2 N–H and O–H groups in total. The first-order chi connectivity index (χ1) is 10.2. The maximum absolute atomic E-state index is 6.00. The molecule has 0 bridgehead atoms. The molecular weight excluding hydrogens is 264 g/mol. The Balaban J connectivity index is 1.93. The molecular formula is C17H18N2O2. The van der Waals surface area contributed by atoms with Gasteiger partial charge in [-0.05, 0) is 42.5 Å². The number of fused-ring (bicyclic) bond motifs is 1. The second-order valence-corrected chi connectivity index (χ2v) is 5.00. The Morgan fingerprint density at radius 2 is 1.76 bits per heavy atom. The predicted molar refractivity (Wildman–Crippen MR) is 85.7 cm³/mol. The van der Waals surface area contributed by atoms with Crippen molar-refractivity contribution in [1.29, 1.82) is 0 Å². The number of anilines is 2. The number of likely N-dealkylation sites (N-methyl/N-ethyl adjacent to an activating group) is 1. The van der Waals surface area contributed by atoms with Crippen molar-refractivity contribution in [1.82, 2.24) is 0 Å². The molecule has 0 aromatic heterocycles. The van der Waals surface area contributed by atoms with Crippen LogP contribution in [-0.4, -0.2) is 20.7 Å². The van der Waals surface area contributed by atoms with Gasteiger partial charge in [0.2, 0.25) is 0 Å². The van der Waals surface area contributed by atoms with Gasteiger partial charge in [-0.3, -0.25) is 0 Å². The molecule has 2 aromatic rings. The maximum atomic E-state index is 6.00. The molecule has 0 atom stereocenters. The highest BCUT2D eigenvalue weighted by Crippen LogP contribution is 2.35. The zero-order valence-electron chi connectivity index (χ0n) is 12.2. The number of benzene rings is 2. The molecule has 0 unspecified atom stereocenters. The third-order valence-corrected chi connectivity index (χ3v) is 3.54. The van der Waals surface area contributed by atoms with Gasteiger partial charge in [0.05, 0.1) is 12.8 Å². The Kier molecular flexibility index (Phi) is 3.44. The lowest BCUT2D eigenvalue weighted by Gasteiger charge is -2.27. The molecule has 0 aliphatic carbocycles. The second-order valence-electron chi connectivity index (χ2n) is 5.00. The summed E-state index contributed by atoms with van der Waals surface area (Å²) in [5.74, 6) is 2.48. The van der Waals surface area contributed by atoms with Crippen LogP contribution in [-0.2, 0) is 0 Å². The Morgan fingerprint density at radius 1 is 1.05 bits per heavy atom. The van der Waals surface area contributed by atoms with Crippen molar-refractivity contribution in [2.75, 3.05) is 31.3 Å². The number of hydrogen-bond acceptors (Lipinski definition) is 4. The second kappa shape index (κ2) is 5.40. The van der Waals surface area contributed by atoms with Crippen molar-refractivity contribution < 1.29 is 9.47 Å². The topological polar surface area (TPSA) is 47.7 Å². The molecule has 0 saturated heterocycles. The molecule has 21 heavy (non-hydrogen) atoms. The highest BCUT2D eigenvalue weighted by atomic mass is 16.5. The Labute approximate surface area is 124 Å². The lowest BCUT2D eigenvalue weighted by molar-refractivity contribution is 0.414. The average molecular weight is 282 g/mol. The van der Waals surface area contributed by atoms with Gasteiger partial charge in [0.25, 0.3) is 0 Å². The van der Waals surface area contributed by atoms with Crippen LogP contribution in [0.3, 0.4) is 0 Å². The van der Waals surface area contributed by atoms with Gasteiger partial charge in [0, 0.05) is 30.9 Å². The van der Waals surface area contributed by atoms with Crippen LogP contribution in [0.15, 0.2) is 48.5 Å². The summed E-state index contributed by atoms with van der Waals surface area (Å²) >= 11 is 0. The van der Waals surface area contributed by atoms with Gasteiger partial charge in [-0.2, -0.15) is 0 Å². The fraction of sp³-hybridized carbons (Fsp3) is 0.176. The van der Waals surface area contributed by atoms with Gasteiger partial charge in [0.1, 0.15) is 17.3 Å². The Morgan fingerprint density at radius 3 is 2.48 bits per heavy atom. The molecule has 1 aliphatic heterocycles. The van der Waals surface area contributed by atoms with Crippen molar-refractivity contribution in [3.05, 3.63) is 54.1 Å². The highest BCUT2D eigenvalue weighted by Gasteiger charge is 2.18. The Bertz CT molecular complexity index is 678. The molecule has 3 rings (SSSR count). The summed E-state index contributed by atoms with van der Waals surface area (Å²) in [4.78, 5) is 2.16. The largest absolute Gasteiger partial charge is 0.497 e. The fourth-order valence-corrected chi connectivity index (χ4v) is 2.35. The van der Waals surface area contributed by atoms with Crippen LogP contribution < -0.4 is 20.1 Å². The molecule has 0 saturated carbocycles. The van der Waals surface area contributed by atoms with Gasteiger partial charge in [0.15, 0.2) is 0 Å². The van der Waals surface area contributed by atoms with Crippen LogP contribution in [0.25, 0.3) is 5.76 Å². The van der Waals surface area contributed by atoms with E-state index >= 15 is 0 Å². The number of methoxy groups -OCH3 is 1. The quantitative estimate of drug-likeness (QED) is 0.879. The lowest BCUT2D eigenvalue weighted by Crippen LogP contribution is -2.23. The molecule has 0 radical (unpaired) electrons. The normalized spacial score (nSPS) is 13.4. The molecule has 0 fully saturated rings. The monoisotopic (exact) mass is 282 g/mol. The van der Waals surface area contributed by atoms with Crippen LogP contribution >= 0.6 is 0 Å². The molecule has 0 spiro atoms. The summed E-state index contributed by atoms with van der Waals surface area (Å²) in [6.07, 6.45) is 2.07. The minimum Gasteiger partial charge on any atom is -0.497 e. The molecule has 108 valence electrons. The molecule has 1 aliphatic rings. The van der Waals surface area contributed by atoms with E-state index in [1.165, 1.54) is 0 Å². The first-order valence-electron chi connectivity index (χ1n) is 6.80. The first kappa shape index (κ1) is 13.4. The highest BCUT2D eigenvalue weighted by molar-refractivity contribution is 5.78. The molecule has 4 nitrogen and oxygen atoms in total. The van der Waals surface area contributed by atoms with Gasteiger partial charge in [-0.15, -0.1) is 0 Å². The zero-order valence-corrected chi connectivity index (χ0v) is 12.2. The number of hydrogen-bond donors (Lipinski definition) is 1.